The van der Waals surface area contributed by atoms with Gasteiger partial charge >= 0.3 is 0 Å². The molecule has 16 rings (SSSR count). The molecule has 12 heteroatoms. The summed E-state index contributed by atoms with van der Waals surface area (Å²) >= 11 is 0. The van der Waals surface area contributed by atoms with Crippen LogP contribution in [0.1, 0.15) is 109 Å². The number of benzene rings is 4. The Hall–Kier alpha value is -10.7. The van der Waals surface area contributed by atoms with Crippen LogP contribution in [0.25, 0.3) is 133 Å². The van der Waals surface area contributed by atoms with E-state index in [0.29, 0.717) is 17.3 Å². The van der Waals surface area contributed by atoms with Gasteiger partial charge in [-0.15, -0.1) is 0 Å². The van der Waals surface area contributed by atoms with Crippen molar-refractivity contribution in [3.05, 3.63) is 236 Å². The summed E-state index contributed by atoms with van der Waals surface area (Å²) in [5, 5.41) is 8.90. The fourth-order valence-corrected chi connectivity index (χ4v) is 14.1. The van der Waals surface area contributed by atoms with E-state index < -0.39 is 0 Å². The smallest absolute Gasteiger partial charge is 0.227 e. The van der Waals surface area contributed by atoms with Crippen LogP contribution in [-0.4, -0.2) is 19.9 Å². The lowest BCUT2D eigenvalue weighted by Crippen LogP contribution is -2.31. The molecule has 0 amide bonds. The maximum Gasteiger partial charge on any atom is 0.227 e. The number of aromatic nitrogens is 8. The van der Waals surface area contributed by atoms with Crippen molar-refractivity contribution < 1.29 is 35.9 Å². The van der Waals surface area contributed by atoms with Crippen molar-refractivity contribution in [2.75, 3.05) is 0 Å². The third kappa shape index (κ3) is 11.9. The molecule has 12 heterocycles. The molecule has 0 aliphatic carbocycles. The highest BCUT2D eigenvalue weighted by molar-refractivity contribution is 6.13. The Morgan fingerprint density at radius 1 is 0.286 bits per heavy atom. The summed E-state index contributed by atoms with van der Waals surface area (Å²) in [6.07, 6.45) is 8.63. The highest BCUT2D eigenvalue weighted by Gasteiger charge is 2.28. The van der Waals surface area contributed by atoms with Crippen LogP contribution in [0.4, 0.5) is 0 Å². The van der Waals surface area contributed by atoms with Gasteiger partial charge in [0.2, 0.25) is 45.6 Å². The number of aryl methyl sites for hydroxylation is 19. The number of nitrogens with zero attached hydrogens (tertiary/aromatic N) is 8. The van der Waals surface area contributed by atoms with Crippen LogP contribution in [0, 0.1) is 104 Å². The molecule has 98 heavy (non-hydrogen) atoms. The molecule has 12 aromatic heterocycles. The van der Waals surface area contributed by atoms with Crippen molar-refractivity contribution in [1.82, 2.24) is 19.9 Å². The summed E-state index contributed by atoms with van der Waals surface area (Å²) < 4.78 is 33.6. The molecule has 12 nitrogen and oxygen atoms in total. The van der Waals surface area contributed by atoms with Crippen molar-refractivity contribution in [3.63, 3.8) is 0 Å². The van der Waals surface area contributed by atoms with Gasteiger partial charge < -0.3 is 17.7 Å². The first-order chi connectivity index (χ1) is 46.7. The molecule has 0 aliphatic heterocycles. The molecule has 0 fully saturated rings. The van der Waals surface area contributed by atoms with Gasteiger partial charge in [0, 0.05) is 113 Å². The van der Waals surface area contributed by atoms with E-state index in [4.69, 9.17) is 17.7 Å². The molecule has 0 unspecified atom stereocenters. The molecule has 0 aliphatic rings. The van der Waals surface area contributed by atoms with Crippen molar-refractivity contribution in [1.29, 1.82) is 0 Å². The SMILES string of the molecule is Cc1ccc(-c2c(C)cc(C)c3c2oc2nc(C)ccc23)[n+](C)c1.Cc1ccc2c(n1)oc1c(-c3cc(C(C)C)cc[n+]3C)c(C)ccc12.Cc1ccc2c(n1)oc1c(-c3cc(C)c(C)c[n+]3C)c(C)cc(C)c12.Cc1ccc2c(n1)oc1c(-c3cc(C)c(C)c[n+]3C)c(C)ccc12. The molecule has 4 aromatic carbocycles. The minimum absolute atomic E-state index is 0.486. The van der Waals surface area contributed by atoms with Crippen LogP contribution in [0.5, 0.6) is 0 Å². The Labute approximate surface area is 573 Å². The fourth-order valence-electron chi connectivity index (χ4n) is 14.1. The molecule has 0 bridgehead atoms. The molecule has 16 aromatic rings. The maximum absolute atomic E-state index is 6.28. The molecule has 0 atom stereocenters. The van der Waals surface area contributed by atoms with E-state index in [0.717, 1.165) is 122 Å². The number of fused-ring (bicyclic) bond motifs is 12. The molecular formula is C86H88N8O4+4. The zero-order chi connectivity index (χ0) is 69.6. The van der Waals surface area contributed by atoms with E-state index in [-0.39, 0.29) is 0 Å². The van der Waals surface area contributed by atoms with Crippen LogP contribution in [0.15, 0.2) is 164 Å². The number of rotatable bonds is 5. The van der Waals surface area contributed by atoms with E-state index in [9.17, 15) is 0 Å². The zero-order valence-electron chi connectivity index (χ0n) is 60.6. The van der Waals surface area contributed by atoms with Crippen LogP contribution in [0.2, 0.25) is 0 Å². The summed E-state index contributed by atoms with van der Waals surface area (Å²) in [5.74, 6) is 0.486. The second-order valence-corrected chi connectivity index (χ2v) is 27.7. The highest BCUT2D eigenvalue weighted by Crippen LogP contribution is 2.43. The average Bonchev–Trinajstić information content (AvgIpc) is 1.59. The van der Waals surface area contributed by atoms with E-state index in [1.165, 1.54) is 88.9 Å². The van der Waals surface area contributed by atoms with E-state index in [2.05, 4.69) is 278 Å². The van der Waals surface area contributed by atoms with Crippen LogP contribution in [0.3, 0.4) is 0 Å². The van der Waals surface area contributed by atoms with Gasteiger partial charge in [0.1, 0.15) is 28.2 Å². The number of hydrogen-bond acceptors (Lipinski definition) is 8. The second kappa shape index (κ2) is 25.7. The Morgan fingerprint density at radius 3 is 1.06 bits per heavy atom. The highest BCUT2D eigenvalue weighted by atomic mass is 16.4. The molecule has 0 N–H and O–H groups in total. The van der Waals surface area contributed by atoms with Crippen molar-refractivity contribution in [2.24, 2.45) is 28.2 Å². The van der Waals surface area contributed by atoms with E-state index >= 15 is 0 Å². The van der Waals surface area contributed by atoms with Crippen LogP contribution >= 0.6 is 0 Å². The third-order valence-electron chi connectivity index (χ3n) is 19.6. The van der Waals surface area contributed by atoms with E-state index in [1.54, 1.807) is 0 Å². The van der Waals surface area contributed by atoms with Gasteiger partial charge in [0.25, 0.3) is 0 Å². The Kier molecular flexibility index (Phi) is 17.3. The first-order valence-electron chi connectivity index (χ1n) is 33.8. The maximum atomic E-state index is 6.28. The third-order valence-corrected chi connectivity index (χ3v) is 19.6. The average molecular weight is 1300 g/mol. The number of hydrogen-bond donors (Lipinski definition) is 0. The first kappa shape index (κ1) is 65.9. The van der Waals surface area contributed by atoms with Gasteiger partial charge in [-0.3, -0.25) is 0 Å². The summed E-state index contributed by atoms with van der Waals surface area (Å²) in [7, 11) is 8.35. The Balaban J connectivity index is 0.000000118. The zero-order valence-corrected chi connectivity index (χ0v) is 60.6. The van der Waals surface area contributed by atoms with Gasteiger partial charge in [-0.25, -0.2) is 38.2 Å². The monoisotopic (exact) mass is 1300 g/mol. The topological polar surface area (TPSA) is 120 Å². The normalized spacial score (nSPS) is 11.6. The lowest BCUT2D eigenvalue weighted by atomic mass is 9.96. The molecule has 492 valence electrons. The minimum atomic E-state index is 0.486. The molecule has 0 saturated heterocycles. The quantitative estimate of drug-likeness (QED) is 0.156. The second-order valence-electron chi connectivity index (χ2n) is 27.7. The Morgan fingerprint density at radius 2 is 0.643 bits per heavy atom. The number of pyridine rings is 8. The fraction of sp³-hybridized carbons (Fsp3) is 0.256. The van der Waals surface area contributed by atoms with Gasteiger partial charge in [0.05, 0.1) is 22.3 Å². The van der Waals surface area contributed by atoms with Crippen LogP contribution in [-0.2, 0) is 28.2 Å². The Bertz CT molecular complexity index is 5920. The molecule has 0 radical (unpaired) electrons. The summed E-state index contributed by atoms with van der Waals surface area (Å²) in [6.45, 7) is 36.0. The van der Waals surface area contributed by atoms with Gasteiger partial charge in [-0.1, -0.05) is 50.2 Å². The van der Waals surface area contributed by atoms with Gasteiger partial charge in [0.15, 0.2) is 47.1 Å². The summed E-state index contributed by atoms with van der Waals surface area (Å²) in [4.78, 5) is 18.3. The molecule has 0 saturated carbocycles. The number of furan rings is 4. The van der Waals surface area contributed by atoms with Gasteiger partial charge in [-0.2, -0.15) is 0 Å². The molecule has 0 spiro atoms. The largest absolute Gasteiger partial charge is 0.437 e. The van der Waals surface area contributed by atoms with Crippen molar-refractivity contribution >= 4 is 88.3 Å². The minimum Gasteiger partial charge on any atom is -0.437 e. The summed E-state index contributed by atoms with van der Waals surface area (Å²) in [6, 6.07) is 43.0. The van der Waals surface area contributed by atoms with Crippen molar-refractivity contribution in [2.45, 2.75) is 124 Å². The standard InChI is InChI=1S/2C22H23N2O.2C21H21N2O/c1-12-10-18(24(6)11-15(12)4)20-14(3)9-13(2)19-17-8-7-16(5)23-22(17)25-21(19)20;1-13(2)16-10-11-24(5)19(12-16)20-14(3)6-8-17-18-9-7-15(4)23-22(18)25-21(17)20;1-12-6-9-17(23(5)11-12)19-14(3)10-13(2)18-16-8-7-15(4)22-21(16)24-20(18)19;1-12-6-8-16-17-9-7-15(4)22-21(17)24-20(16)19(12)18-10-13(2)14(3)11-23(18)5/h7-11H,1-6H3;6-13H,1-5H3;2*6-11H,1-5H3/q4*+1. The first-order valence-corrected chi connectivity index (χ1v) is 33.8. The summed E-state index contributed by atoms with van der Waals surface area (Å²) in [5.41, 5.74) is 34.7. The van der Waals surface area contributed by atoms with Gasteiger partial charge in [-0.05, 0) is 214 Å². The van der Waals surface area contributed by atoms with Crippen LogP contribution < -0.4 is 18.3 Å². The van der Waals surface area contributed by atoms with Crippen molar-refractivity contribution in [3.8, 4) is 45.0 Å². The predicted molar refractivity (Wildman–Crippen MR) is 398 cm³/mol. The van der Waals surface area contributed by atoms with E-state index in [1.807, 2.05) is 52.0 Å². The lowest BCUT2D eigenvalue weighted by Gasteiger charge is -2.09. The molecular weight excluding hydrogens is 1210 g/mol. The lowest BCUT2D eigenvalue weighted by molar-refractivity contribution is -0.660. The predicted octanol–water partition coefficient (Wildman–Crippen LogP) is 19.6.